The van der Waals surface area contributed by atoms with Crippen molar-refractivity contribution in [3.63, 3.8) is 0 Å². The minimum atomic E-state index is -0.586. The molecule has 0 aromatic heterocycles. The number of hydrogen-bond acceptors (Lipinski definition) is 4. The van der Waals surface area contributed by atoms with Crippen LogP contribution in [-0.2, 0) is 20.7 Å². The summed E-state index contributed by atoms with van der Waals surface area (Å²) in [5.41, 5.74) is 8.14. The minimum Gasteiger partial charge on any atom is -0.466 e. The average Bonchev–Trinajstić information content (AvgIpc) is 2.59. The zero-order valence-electron chi connectivity index (χ0n) is 13.7. The normalized spacial score (nSPS) is 11.5. The highest BCUT2D eigenvalue weighted by Crippen LogP contribution is 2.20. The molecule has 5 nitrogen and oxygen atoms in total. The molecule has 2 aromatic carbocycles. The average molecular weight is 326 g/mol. The molecule has 24 heavy (non-hydrogen) atoms. The molecule has 2 rings (SSSR count). The highest BCUT2D eigenvalue weighted by atomic mass is 16.5. The van der Waals surface area contributed by atoms with Crippen LogP contribution in [-0.4, -0.2) is 18.5 Å². The number of primary amides is 1. The number of nitrogens with two attached hydrogens (primary N) is 1. The first-order valence-electron chi connectivity index (χ1n) is 7.95. The topological polar surface area (TPSA) is 81.4 Å². The molecule has 0 saturated heterocycles. The molecule has 0 bridgehead atoms. The smallest absolute Gasteiger partial charge is 0.306 e. The number of esters is 1. The summed E-state index contributed by atoms with van der Waals surface area (Å²) >= 11 is 0. The Morgan fingerprint density at radius 2 is 1.75 bits per heavy atom. The van der Waals surface area contributed by atoms with Gasteiger partial charge in [0.05, 0.1) is 6.61 Å². The number of carbonyl (C=O) groups excluding carboxylic acids is 2. The van der Waals surface area contributed by atoms with Gasteiger partial charge in [0, 0.05) is 12.1 Å². The second kappa shape index (κ2) is 8.72. The lowest BCUT2D eigenvalue weighted by Crippen LogP contribution is -2.27. The van der Waals surface area contributed by atoms with Gasteiger partial charge in [0.1, 0.15) is 6.04 Å². The summed E-state index contributed by atoms with van der Waals surface area (Å²) in [6.45, 7) is 2.19. The van der Waals surface area contributed by atoms with E-state index in [-0.39, 0.29) is 5.97 Å². The van der Waals surface area contributed by atoms with Gasteiger partial charge >= 0.3 is 5.97 Å². The first-order valence-corrected chi connectivity index (χ1v) is 7.95. The van der Waals surface area contributed by atoms with Gasteiger partial charge < -0.3 is 15.8 Å². The van der Waals surface area contributed by atoms with Crippen LogP contribution in [0.15, 0.2) is 54.6 Å². The van der Waals surface area contributed by atoms with Gasteiger partial charge in [-0.25, -0.2) is 0 Å². The highest BCUT2D eigenvalue weighted by Gasteiger charge is 2.17. The second-order valence-electron chi connectivity index (χ2n) is 5.39. The van der Waals surface area contributed by atoms with E-state index in [4.69, 9.17) is 10.5 Å². The fourth-order valence-electron chi connectivity index (χ4n) is 2.38. The van der Waals surface area contributed by atoms with Gasteiger partial charge in [0.2, 0.25) is 5.91 Å². The number of aryl methyl sites for hydroxylation is 1. The Morgan fingerprint density at radius 3 is 2.33 bits per heavy atom. The van der Waals surface area contributed by atoms with Gasteiger partial charge in [-0.15, -0.1) is 0 Å². The molecule has 1 amide bonds. The van der Waals surface area contributed by atoms with Gasteiger partial charge in [-0.3, -0.25) is 9.59 Å². The van der Waals surface area contributed by atoms with E-state index in [2.05, 4.69) is 5.32 Å². The maximum Gasteiger partial charge on any atom is 0.306 e. The van der Waals surface area contributed by atoms with E-state index >= 15 is 0 Å². The number of carbonyl (C=O) groups is 2. The molecular formula is C19H22N2O3. The van der Waals surface area contributed by atoms with Crippen LogP contribution in [0.5, 0.6) is 0 Å². The van der Waals surface area contributed by atoms with Crippen molar-refractivity contribution in [3.8, 4) is 0 Å². The van der Waals surface area contributed by atoms with E-state index in [1.807, 2.05) is 54.6 Å². The molecule has 3 N–H and O–H groups in total. The predicted molar refractivity (Wildman–Crippen MR) is 93.4 cm³/mol. The van der Waals surface area contributed by atoms with Crippen LogP contribution in [0.4, 0.5) is 5.69 Å². The molecule has 126 valence electrons. The Balaban J connectivity index is 1.99. The third-order valence-corrected chi connectivity index (χ3v) is 3.61. The zero-order chi connectivity index (χ0) is 17.4. The van der Waals surface area contributed by atoms with Crippen LogP contribution in [0, 0.1) is 0 Å². The number of hydrogen-bond donors (Lipinski definition) is 2. The molecule has 0 aliphatic heterocycles. The number of rotatable bonds is 8. The summed E-state index contributed by atoms with van der Waals surface area (Å²) in [6.07, 6.45) is 0.978. The van der Waals surface area contributed by atoms with Gasteiger partial charge in [-0.2, -0.15) is 0 Å². The van der Waals surface area contributed by atoms with E-state index in [0.29, 0.717) is 19.4 Å². The molecule has 0 aliphatic rings. The van der Waals surface area contributed by atoms with Crippen LogP contribution >= 0.6 is 0 Å². The minimum absolute atomic E-state index is 0.197. The Morgan fingerprint density at radius 1 is 1.08 bits per heavy atom. The lowest BCUT2D eigenvalue weighted by atomic mass is 10.1. The summed E-state index contributed by atoms with van der Waals surface area (Å²) < 4.78 is 4.91. The van der Waals surface area contributed by atoms with Gasteiger partial charge in [-0.05, 0) is 36.6 Å². The van der Waals surface area contributed by atoms with Crippen molar-refractivity contribution in [2.75, 3.05) is 11.9 Å². The molecule has 5 heteroatoms. The van der Waals surface area contributed by atoms with E-state index in [1.165, 1.54) is 0 Å². The van der Waals surface area contributed by atoms with Crippen molar-refractivity contribution in [1.29, 1.82) is 0 Å². The first kappa shape index (κ1) is 17.5. The third-order valence-electron chi connectivity index (χ3n) is 3.61. The molecule has 0 unspecified atom stereocenters. The van der Waals surface area contributed by atoms with E-state index < -0.39 is 11.9 Å². The lowest BCUT2D eigenvalue weighted by Gasteiger charge is -2.17. The van der Waals surface area contributed by atoms with E-state index in [0.717, 1.165) is 16.8 Å². The maximum atomic E-state index is 11.7. The van der Waals surface area contributed by atoms with Gasteiger partial charge in [-0.1, -0.05) is 42.5 Å². The van der Waals surface area contributed by atoms with Crippen LogP contribution in [0.2, 0.25) is 0 Å². The third kappa shape index (κ3) is 5.12. The number of amides is 1. The summed E-state index contributed by atoms with van der Waals surface area (Å²) in [4.78, 5) is 23.1. The highest BCUT2D eigenvalue weighted by molar-refractivity contribution is 5.84. The lowest BCUT2D eigenvalue weighted by molar-refractivity contribution is -0.143. The Bertz CT molecular complexity index is 669. The molecule has 2 aromatic rings. The van der Waals surface area contributed by atoms with E-state index in [1.54, 1.807) is 6.92 Å². The van der Waals surface area contributed by atoms with Crippen molar-refractivity contribution in [3.05, 3.63) is 65.7 Å². The van der Waals surface area contributed by atoms with Crippen LogP contribution in [0.1, 0.15) is 30.5 Å². The maximum absolute atomic E-state index is 11.7. The Labute approximate surface area is 141 Å². The molecular weight excluding hydrogens is 304 g/mol. The molecule has 0 radical (unpaired) electrons. The number of anilines is 1. The van der Waals surface area contributed by atoms with Crippen LogP contribution in [0.3, 0.4) is 0 Å². The number of ether oxygens (including phenoxy) is 1. The first-order chi connectivity index (χ1) is 11.6. The van der Waals surface area contributed by atoms with Crippen molar-refractivity contribution in [2.45, 2.75) is 25.8 Å². The van der Waals surface area contributed by atoms with Crippen LogP contribution < -0.4 is 11.1 Å². The molecule has 1 atom stereocenters. The molecule has 0 aliphatic carbocycles. The largest absolute Gasteiger partial charge is 0.466 e. The van der Waals surface area contributed by atoms with Crippen molar-refractivity contribution < 1.29 is 14.3 Å². The number of benzene rings is 2. The fraction of sp³-hybridized carbons (Fsp3) is 0.263. The van der Waals surface area contributed by atoms with Crippen molar-refractivity contribution in [1.82, 2.24) is 0 Å². The van der Waals surface area contributed by atoms with Crippen LogP contribution in [0.25, 0.3) is 0 Å². The second-order valence-corrected chi connectivity index (χ2v) is 5.39. The monoisotopic (exact) mass is 326 g/mol. The van der Waals surface area contributed by atoms with Gasteiger partial charge in [0.25, 0.3) is 0 Å². The SMILES string of the molecule is CCOC(=O)CCc1ccc(N[C@@H](C(N)=O)c2ccccc2)cc1. The predicted octanol–water partition coefficient (Wildman–Crippen LogP) is 2.82. The molecule has 0 fully saturated rings. The fourth-order valence-corrected chi connectivity index (χ4v) is 2.38. The molecule has 0 saturated carbocycles. The molecule has 0 heterocycles. The van der Waals surface area contributed by atoms with Gasteiger partial charge in [0.15, 0.2) is 0 Å². The molecule has 0 spiro atoms. The number of nitrogens with one attached hydrogen (secondary N) is 1. The quantitative estimate of drug-likeness (QED) is 0.731. The summed E-state index contributed by atoms with van der Waals surface area (Å²) in [5.74, 6) is -0.634. The van der Waals surface area contributed by atoms with Crippen molar-refractivity contribution in [2.24, 2.45) is 5.73 Å². The summed E-state index contributed by atoms with van der Waals surface area (Å²) in [5, 5.41) is 3.14. The summed E-state index contributed by atoms with van der Waals surface area (Å²) in [6, 6.07) is 16.3. The van der Waals surface area contributed by atoms with Crippen molar-refractivity contribution >= 4 is 17.6 Å². The van der Waals surface area contributed by atoms with E-state index in [9.17, 15) is 9.59 Å². The standard InChI is InChI=1S/C19H22N2O3/c1-2-24-17(22)13-10-14-8-11-16(12-9-14)21-18(19(20)23)15-6-4-3-5-7-15/h3-9,11-12,18,21H,2,10,13H2,1H3,(H2,20,23)/t18-/m1/s1. The zero-order valence-corrected chi connectivity index (χ0v) is 13.7. The Hall–Kier alpha value is -2.82. The summed E-state index contributed by atoms with van der Waals surface area (Å²) in [7, 11) is 0. The Kier molecular flexibility index (Phi) is 6.37.